The van der Waals surface area contributed by atoms with Crippen molar-refractivity contribution in [3.63, 3.8) is 0 Å². The Kier molecular flexibility index (Phi) is 5.75. The van der Waals surface area contributed by atoms with E-state index in [0.29, 0.717) is 12.0 Å². The smallest absolute Gasteiger partial charge is 0.258 e. The monoisotopic (exact) mass is 376 g/mol. The second-order valence-electron chi connectivity index (χ2n) is 8.01. The molecule has 4 rings (SSSR count). The minimum atomic E-state index is 0.0369. The number of nitrogens with zero attached hydrogens (tertiary/aromatic N) is 1. The molecular weight excluding hydrogens is 348 g/mol. The van der Waals surface area contributed by atoms with Gasteiger partial charge in [-0.25, -0.2) is 0 Å². The Bertz CT molecular complexity index is 841. The highest BCUT2D eigenvalue weighted by Gasteiger charge is 2.24. The highest BCUT2D eigenvalue weighted by molar-refractivity contribution is 6.07. The molecular formula is C24H28N2O2. The molecule has 4 nitrogen and oxygen atoms in total. The Morgan fingerprint density at radius 3 is 2.57 bits per heavy atom. The molecule has 0 unspecified atom stereocenters. The molecule has 2 amide bonds. The van der Waals surface area contributed by atoms with Gasteiger partial charge >= 0.3 is 0 Å². The van der Waals surface area contributed by atoms with Crippen molar-refractivity contribution in [2.75, 3.05) is 16.8 Å². The first kappa shape index (κ1) is 18.7. The molecule has 0 atom stereocenters. The van der Waals surface area contributed by atoms with E-state index in [9.17, 15) is 9.59 Å². The summed E-state index contributed by atoms with van der Waals surface area (Å²) in [4.78, 5) is 27.1. The first-order valence-electron chi connectivity index (χ1n) is 10.5. The summed E-state index contributed by atoms with van der Waals surface area (Å²) in [7, 11) is 0. The van der Waals surface area contributed by atoms with Crippen molar-refractivity contribution < 1.29 is 9.59 Å². The van der Waals surface area contributed by atoms with Gasteiger partial charge in [-0.05, 0) is 61.1 Å². The Hall–Kier alpha value is -2.62. The Morgan fingerprint density at radius 2 is 1.79 bits per heavy atom. The van der Waals surface area contributed by atoms with Crippen LogP contribution in [0.3, 0.4) is 0 Å². The van der Waals surface area contributed by atoms with Gasteiger partial charge < -0.3 is 10.2 Å². The van der Waals surface area contributed by atoms with Crippen molar-refractivity contribution in [2.45, 2.75) is 51.4 Å². The van der Waals surface area contributed by atoms with Crippen LogP contribution < -0.4 is 10.2 Å². The van der Waals surface area contributed by atoms with Crippen LogP contribution in [0.15, 0.2) is 48.5 Å². The van der Waals surface area contributed by atoms with Crippen LogP contribution in [0, 0.1) is 5.92 Å². The predicted molar refractivity (Wildman–Crippen MR) is 113 cm³/mol. The fraction of sp³-hybridized carbons (Fsp3) is 0.417. The average molecular weight is 377 g/mol. The van der Waals surface area contributed by atoms with E-state index < -0.39 is 0 Å². The number of benzene rings is 2. The van der Waals surface area contributed by atoms with Crippen LogP contribution in [0.25, 0.3) is 0 Å². The number of nitrogens with one attached hydrogen (secondary N) is 1. The fourth-order valence-electron chi connectivity index (χ4n) is 4.48. The normalized spacial score (nSPS) is 16.6. The summed E-state index contributed by atoms with van der Waals surface area (Å²) < 4.78 is 0. The lowest BCUT2D eigenvalue weighted by atomic mass is 9.99. The molecule has 2 aromatic carbocycles. The maximum absolute atomic E-state index is 12.9. The van der Waals surface area contributed by atoms with E-state index in [0.717, 1.165) is 48.7 Å². The molecule has 4 heteroatoms. The number of rotatable bonds is 5. The first-order valence-corrected chi connectivity index (χ1v) is 10.5. The largest absolute Gasteiger partial charge is 0.326 e. The van der Waals surface area contributed by atoms with Gasteiger partial charge in [0, 0.05) is 29.9 Å². The molecule has 2 aromatic rings. The highest BCUT2D eigenvalue weighted by atomic mass is 16.2. The van der Waals surface area contributed by atoms with E-state index in [4.69, 9.17) is 0 Å². The van der Waals surface area contributed by atoms with Crippen LogP contribution in [0.2, 0.25) is 0 Å². The van der Waals surface area contributed by atoms with Crippen LogP contribution >= 0.6 is 0 Å². The summed E-state index contributed by atoms with van der Waals surface area (Å²) in [6.45, 7) is 0.730. The molecule has 0 radical (unpaired) electrons. The molecule has 0 spiro atoms. The number of hydrogen-bond donors (Lipinski definition) is 1. The molecule has 0 saturated heterocycles. The second-order valence-corrected chi connectivity index (χ2v) is 8.01. The van der Waals surface area contributed by atoms with Crippen LogP contribution in [-0.4, -0.2) is 18.4 Å². The van der Waals surface area contributed by atoms with Crippen molar-refractivity contribution in [3.8, 4) is 0 Å². The van der Waals surface area contributed by atoms with Crippen LogP contribution in [0.5, 0.6) is 0 Å². The van der Waals surface area contributed by atoms with Gasteiger partial charge in [-0.2, -0.15) is 0 Å². The topological polar surface area (TPSA) is 49.4 Å². The number of aryl methyl sites for hydroxylation is 1. The first-order chi connectivity index (χ1) is 13.7. The molecule has 0 aromatic heterocycles. The number of anilines is 2. The molecule has 1 saturated carbocycles. The third kappa shape index (κ3) is 4.27. The zero-order chi connectivity index (χ0) is 19.3. The van der Waals surface area contributed by atoms with Gasteiger partial charge in [0.25, 0.3) is 5.91 Å². The summed E-state index contributed by atoms with van der Waals surface area (Å²) in [5.74, 6) is 0.863. The SMILES string of the molecule is O=C(CCC1CCCC1)Nc1ccc2c(c1)CCCN2C(=O)c1ccccc1. The molecule has 1 fully saturated rings. The van der Waals surface area contributed by atoms with Gasteiger partial charge in [-0.3, -0.25) is 9.59 Å². The summed E-state index contributed by atoms with van der Waals surface area (Å²) in [6, 6.07) is 15.3. The number of fused-ring (bicyclic) bond motifs is 1. The van der Waals surface area contributed by atoms with E-state index in [1.54, 1.807) is 0 Å². The lowest BCUT2D eigenvalue weighted by Crippen LogP contribution is -2.35. The summed E-state index contributed by atoms with van der Waals surface area (Å²) in [5.41, 5.74) is 3.64. The molecule has 1 aliphatic carbocycles. The predicted octanol–water partition coefficient (Wildman–Crippen LogP) is 5.19. The third-order valence-corrected chi connectivity index (χ3v) is 6.00. The molecule has 1 heterocycles. The van der Waals surface area contributed by atoms with E-state index in [2.05, 4.69) is 5.32 Å². The number of hydrogen-bond acceptors (Lipinski definition) is 2. The van der Waals surface area contributed by atoms with Crippen molar-refractivity contribution in [1.29, 1.82) is 0 Å². The van der Waals surface area contributed by atoms with Crippen molar-refractivity contribution in [1.82, 2.24) is 0 Å². The van der Waals surface area contributed by atoms with Crippen molar-refractivity contribution in [3.05, 3.63) is 59.7 Å². The van der Waals surface area contributed by atoms with Gasteiger partial charge in [0.15, 0.2) is 0 Å². The van der Waals surface area contributed by atoms with Gasteiger partial charge in [0.05, 0.1) is 0 Å². The van der Waals surface area contributed by atoms with Gasteiger partial charge in [0.1, 0.15) is 0 Å². The average Bonchev–Trinajstić information content (AvgIpc) is 3.25. The fourth-order valence-corrected chi connectivity index (χ4v) is 4.48. The number of amides is 2. The van der Waals surface area contributed by atoms with E-state index in [-0.39, 0.29) is 11.8 Å². The zero-order valence-corrected chi connectivity index (χ0v) is 16.3. The number of carbonyl (C=O) groups excluding carboxylic acids is 2. The van der Waals surface area contributed by atoms with Gasteiger partial charge in [0.2, 0.25) is 5.91 Å². The standard InChI is InChI=1S/C24H28N2O2/c27-23(15-12-18-7-4-5-8-18)25-21-13-14-22-20(17-21)11-6-16-26(22)24(28)19-9-2-1-3-10-19/h1-3,9-10,13-14,17-18H,4-8,11-12,15-16H2,(H,25,27). The maximum Gasteiger partial charge on any atom is 0.258 e. The molecule has 146 valence electrons. The van der Waals surface area contributed by atoms with Crippen LogP contribution in [0.4, 0.5) is 11.4 Å². The third-order valence-electron chi connectivity index (χ3n) is 6.00. The molecule has 1 aliphatic heterocycles. The van der Waals surface area contributed by atoms with Gasteiger partial charge in [-0.15, -0.1) is 0 Å². The van der Waals surface area contributed by atoms with Crippen LogP contribution in [0.1, 0.15) is 60.9 Å². The lowest BCUT2D eigenvalue weighted by molar-refractivity contribution is -0.116. The lowest BCUT2D eigenvalue weighted by Gasteiger charge is -2.30. The Balaban J connectivity index is 1.42. The minimum absolute atomic E-state index is 0.0369. The summed E-state index contributed by atoms with van der Waals surface area (Å²) in [6.07, 6.45) is 8.64. The molecule has 1 N–H and O–H groups in total. The minimum Gasteiger partial charge on any atom is -0.326 e. The van der Waals surface area contributed by atoms with Crippen molar-refractivity contribution >= 4 is 23.2 Å². The molecule has 2 aliphatic rings. The van der Waals surface area contributed by atoms with Crippen molar-refractivity contribution in [2.24, 2.45) is 5.92 Å². The zero-order valence-electron chi connectivity index (χ0n) is 16.3. The Morgan fingerprint density at radius 1 is 1.00 bits per heavy atom. The quantitative estimate of drug-likeness (QED) is 0.781. The maximum atomic E-state index is 12.9. The summed E-state index contributed by atoms with van der Waals surface area (Å²) in [5, 5.41) is 3.05. The van der Waals surface area contributed by atoms with Crippen LogP contribution in [-0.2, 0) is 11.2 Å². The van der Waals surface area contributed by atoms with E-state index >= 15 is 0 Å². The number of carbonyl (C=O) groups is 2. The summed E-state index contributed by atoms with van der Waals surface area (Å²) >= 11 is 0. The van der Waals surface area contributed by atoms with E-state index in [1.807, 2.05) is 53.4 Å². The molecule has 28 heavy (non-hydrogen) atoms. The highest BCUT2D eigenvalue weighted by Crippen LogP contribution is 2.31. The second kappa shape index (κ2) is 8.59. The molecule has 0 bridgehead atoms. The van der Waals surface area contributed by atoms with Gasteiger partial charge in [-0.1, -0.05) is 43.9 Å². The van der Waals surface area contributed by atoms with E-state index in [1.165, 1.54) is 25.7 Å². The Labute approximate surface area is 166 Å².